The van der Waals surface area contributed by atoms with E-state index >= 15 is 0 Å². The quantitative estimate of drug-likeness (QED) is 0.930. The lowest BCUT2D eigenvalue weighted by Gasteiger charge is -2.30. The molecule has 1 atom stereocenters. The van der Waals surface area contributed by atoms with Crippen molar-refractivity contribution in [1.29, 1.82) is 0 Å². The SMILES string of the molecule is Cc1ccc(CNC2CCC(=O)N(C)C2)c(Br)c1. The molecular weight excluding hydrogens is 292 g/mol. The number of likely N-dealkylation sites (N-methyl/N-ethyl adjacent to an activating group) is 1. The van der Waals surface area contributed by atoms with Gasteiger partial charge in [-0.25, -0.2) is 0 Å². The number of halogens is 1. The molecule has 1 aromatic rings. The summed E-state index contributed by atoms with van der Waals surface area (Å²) in [5.41, 5.74) is 2.52. The minimum absolute atomic E-state index is 0.254. The third kappa shape index (κ3) is 3.33. The average molecular weight is 311 g/mol. The first-order valence-corrected chi connectivity index (χ1v) is 7.08. The molecule has 0 aromatic heterocycles. The lowest BCUT2D eigenvalue weighted by molar-refractivity contribution is -0.132. The Balaban J connectivity index is 1.90. The van der Waals surface area contributed by atoms with Gasteiger partial charge in [0, 0.05) is 37.1 Å². The van der Waals surface area contributed by atoms with E-state index in [0.717, 1.165) is 24.0 Å². The minimum Gasteiger partial charge on any atom is -0.344 e. The first-order valence-electron chi connectivity index (χ1n) is 6.28. The molecule has 0 bridgehead atoms. The molecule has 18 heavy (non-hydrogen) atoms. The van der Waals surface area contributed by atoms with Crippen LogP contribution < -0.4 is 5.32 Å². The fourth-order valence-electron chi connectivity index (χ4n) is 2.23. The number of carbonyl (C=O) groups is 1. The number of amides is 1. The van der Waals surface area contributed by atoms with Gasteiger partial charge in [0.2, 0.25) is 5.91 Å². The van der Waals surface area contributed by atoms with Crippen molar-refractivity contribution in [2.45, 2.75) is 32.4 Å². The number of hydrogen-bond donors (Lipinski definition) is 1. The van der Waals surface area contributed by atoms with Crippen molar-refractivity contribution in [2.24, 2.45) is 0 Å². The molecular formula is C14H19BrN2O. The highest BCUT2D eigenvalue weighted by molar-refractivity contribution is 9.10. The summed E-state index contributed by atoms with van der Waals surface area (Å²) in [6, 6.07) is 6.80. The van der Waals surface area contributed by atoms with Gasteiger partial charge < -0.3 is 10.2 Å². The Morgan fingerprint density at radius 2 is 2.28 bits per heavy atom. The summed E-state index contributed by atoms with van der Waals surface area (Å²) in [6.07, 6.45) is 1.59. The molecule has 0 saturated carbocycles. The summed E-state index contributed by atoms with van der Waals surface area (Å²) in [5.74, 6) is 0.254. The molecule has 0 spiro atoms. The van der Waals surface area contributed by atoms with Crippen molar-refractivity contribution in [3.63, 3.8) is 0 Å². The zero-order valence-electron chi connectivity index (χ0n) is 10.9. The number of carbonyl (C=O) groups excluding carboxylic acids is 1. The van der Waals surface area contributed by atoms with E-state index in [1.54, 1.807) is 0 Å². The van der Waals surface area contributed by atoms with Crippen LogP contribution >= 0.6 is 15.9 Å². The first-order chi connectivity index (χ1) is 8.56. The van der Waals surface area contributed by atoms with Crippen molar-refractivity contribution < 1.29 is 4.79 Å². The van der Waals surface area contributed by atoms with Crippen LogP contribution in [0.1, 0.15) is 24.0 Å². The van der Waals surface area contributed by atoms with Gasteiger partial charge in [0.1, 0.15) is 0 Å². The number of nitrogens with one attached hydrogen (secondary N) is 1. The minimum atomic E-state index is 0.254. The molecule has 4 heteroatoms. The topological polar surface area (TPSA) is 32.3 Å². The monoisotopic (exact) mass is 310 g/mol. The highest BCUT2D eigenvalue weighted by Crippen LogP contribution is 2.19. The van der Waals surface area contributed by atoms with Crippen LogP contribution in [0.2, 0.25) is 0 Å². The number of likely N-dealkylation sites (tertiary alicyclic amines) is 1. The van der Waals surface area contributed by atoms with Crippen LogP contribution in [0, 0.1) is 6.92 Å². The summed E-state index contributed by atoms with van der Waals surface area (Å²) in [6.45, 7) is 3.74. The van der Waals surface area contributed by atoms with Crippen molar-refractivity contribution in [1.82, 2.24) is 10.2 Å². The molecule has 98 valence electrons. The lowest BCUT2D eigenvalue weighted by Crippen LogP contribution is -2.46. The van der Waals surface area contributed by atoms with Gasteiger partial charge in [0.25, 0.3) is 0 Å². The van der Waals surface area contributed by atoms with Gasteiger partial charge >= 0.3 is 0 Å². The standard InChI is InChI=1S/C14H19BrN2O/c1-10-3-4-11(13(15)7-10)8-16-12-5-6-14(18)17(2)9-12/h3-4,7,12,16H,5-6,8-9H2,1-2H3. The number of benzene rings is 1. The van der Waals surface area contributed by atoms with Crippen molar-refractivity contribution in [2.75, 3.05) is 13.6 Å². The summed E-state index contributed by atoms with van der Waals surface area (Å²) in [4.78, 5) is 13.2. The zero-order valence-corrected chi connectivity index (χ0v) is 12.5. The smallest absolute Gasteiger partial charge is 0.222 e. The van der Waals surface area contributed by atoms with Crippen molar-refractivity contribution in [3.8, 4) is 0 Å². The maximum atomic E-state index is 11.4. The van der Waals surface area contributed by atoms with E-state index in [1.807, 2.05) is 11.9 Å². The van der Waals surface area contributed by atoms with E-state index in [2.05, 4.69) is 46.4 Å². The molecule has 0 aliphatic carbocycles. The molecule has 1 amide bonds. The molecule has 1 heterocycles. The Hall–Kier alpha value is -0.870. The highest BCUT2D eigenvalue weighted by atomic mass is 79.9. The lowest BCUT2D eigenvalue weighted by atomic mass is 10.1. The fraction of sp³-hybridized carbons (Fsp3) is 0.500. The van der Waals surface area contributed by atoms with Gasteiger partial charge in [-0.2, -0.15) is 0 Å². The Morgan fingerprint density at radius 1 is 1.50 bits per heavy atom. The molecule has 2 rings (SSSR count). The third-order valence-electron chi connectivity index (χ3n) is 3.42. The number of rotatable bonds is 3. The van der Waals surface area contributed by atoms with Gasteiger partial charge in [-0.1, -0.05) is 28.1 Å². The Bertz CT molecular complexity index is 447. The number of nitrogens with zero attached hydrogens (tertiary/aromatic N) is 1. The summed E-state index contributed by atoms with van der Waals surface area (Å²) in [5, 5.41) is 3.53. The number of hydrogen-bond acceptors (Lipinski definition) is 2. The van der Waals surface area contributed by atoms with E-state index in [4.69, 9.17) is 0 Å². The summed E-state index contributed by atoms with van der Waals surface area (Å²) in [7, 11) is 1.87. The van der Waals surface area contributed by atoms with Gasteiger partial charge in [0.15, 0.2) is 0 Å². The predicted octanol–water partition coefficient (Wildman–Crippen LogP) is 2.47. The molecule has 3 nitrogen and oxygen atoms in total. The second-order valence-corrected chi connectivity index (χ2v) is 5.84. The maximum Gasteiger partial charge on any atom is 0.222 e. The van der Waals surface area contributed by atoms with E-state index in [1.165, 1.54) is 11.1 Å². The van der Waals surface area contributed by atoms with Crippen LogP contribution in [0.15, 0.2) is 22.7 Å². The maximum absolute atomic E-state index is 11.4. The molecule has 1 saturated heterocycles. The van der Waals surface area contributed by atoms with E-state index < -0.39 is 0 Å². The Labute approximate surface area is 117 Å². The first kappa shape index (κ1) is 13.6. The van der Waals surface area contributed by atoms with Crippen LogP contribution in [-0.4, -0.2) is 30.4 Å². The molecule has 0 radical (unpaired) electrons. The van der Waals surface area contributed by atoms with Gasteiger partial charge in [-0.05, 0) is 30.5 Å². The van der Waals surface area contributed by atoms with Crippen LogP contribution in [0.4, 0.5) is 0 Å². The summed E-state index contributed by atoms with van der Waals surface area (Å²) < 4.78 is 1.15. The largest absolute Gasteiger partial charge is 0.344 e. The molecule has 1 aromatic carbocycles. The van der Waals surface area contributed by atoms with Crippen LogP contribution in [0.5, 0.6) is 0 Å². The van der Waals surface area contributed by atoms with E-state index in [0.29, 0.717) is 12.5 Å². The van der Waals surface area contributed by atoms with Crippen molar-refractivity contribution in [3.05, 3.63) is 33.8 Å². The highest BCUT2D eigenvalue weighted by Gasteiger charge is 2.22. The molecule has 1 fully saturated rings. The molecule has 1 unspecified atom stereocenters. The van der Waals surface area contributed by atoms with E-state index in [9.17, 15) is 4.79 Å². The fourth-order valence-corrected chi connectivity index (χ4v) is 2.86. The third-order valence-corrected chi connectivity index (χ3v) is 4.15. The number of piperidine rings is 1. The van der Waals surface area contributed by atoms with Crippen LogP contribution in [0.3, 0.4) is 0 Å². The van der Waals surface area contributed by atoms with Gasteiger partial charge in [-0.3, -0.25) is 4.79 Å². The molecule has 1 aliphatic rings. The Morgan fingerprint density at radius 3 is 2.94 bits per heavy atom. The van der Waals surface area contributed by atoms with E-state index in [-0.39, 0.29) is 5.91 Å². The average Bonchev–Trinajstić information content (AvgIpc) is 2.32. The second-order valence-electron chi connectivity index (χ2n) is 4.99. The Kier molecular flexibility index (Phi) is 4.40. The zero-order chi connectivity index (χ0) is 13.1. The van der Waals surface area contributed by atoms with Gasteiger partial charge in [0.05, 0.1) is 0 Å². The molecule has 1 aliphatic heterocycles. The number of aryl methyl sites for hydroxylation is 1. The van der Waals surface area contributed by atoms with Crippen LogP contribution in [-0.2, 0) is 11.3 Å². The summed E-state index contributed by atoms with van der Waals surface area (Å²) >= 11 is 3.59. The van der Waals surface area contributed by atoms with Crippen LogP contribution in [0.25, 0.3) is 0 Å². The normalized spacial score (nSPS) is 20.3. The van der Waals surface area contributed by atoms with Crippen molar-refractivity contribution >= 4 is 21.8 Å². The van der Waals surface area contributed by atoms with Gasteiger partial charge in [-0.15, -0.1) is 0 Å². The molecule has 1 N–H and O–H groups in total. The second kappa shape index (κ2) is 5.85. The predicted molar refractivity (Wildman–Crippen MR) is 76.4 cm³/mol.